The Morgan fingerprint density at radius 3 is 2.62 bits per heavy atom. The molecule has 1 aromatic carbocycles. The summed E-state index contributed by atoms with van der Waals surface area (Å²) in [5, 5.41) is 3.06. The molecule has 1 N–H and O–H groups in total. The summed E-state index contributed by atoms with van der Waals surface area (Å²) in [5.74, 6) is 1.41. The van der Waals surface area contributed by atoms with E-state index < -0.39 is 0 Å². The number of carbonyl (C=O) groups is 1. The fraction of sp³-hybridized carbons (Fsp3) is 0.471. The van der Waals surface area contributed by atoms with Crippen LogP contribution in [0.25, 0.3) is 6.08 Å². The van der Waals surface area contributed by atoms with Crippen molar-refractivity contribution < 1.29 is 14.3 Å². The van der Waals surface area contributed by atoms with E-state index in [1.807, 2.05) is 18.2 Å². The van der Waals surface area contributed by atoms with Gasteiger partial charge in [-0.05, 0) is 37.1 Å². The average Bonchev–Trinajstić information content (AvgIpc) is 2.53. The van der Waals surface area contributed by atoms with Crippen LogP contribution in [0, 0.1) is 0 Å². The second kappa shape index (κ2) is 7.72. The number of amides is 1. The van der Waals surface area contributed by atoms with Gasteiger partial charge in [0.05, 0.1) is 14.2 Å². The highest BCUT2D eigenvalue weighted by Gasteiger charge is 2.14. The molecule has 0 aromatic heterocycles. The topological polar surface area (TPSA) is 47.6 Å². The molecule has 1 saturated carbocycles. The van der Waals surface area contributed by atoms with E-state index in [1.54, 1.807) is 26.4 Å². The van der Waals surface area contributed by atoms with Gasteiger partial charge in [-0.1, -0.05) is 19.3 Å². The smallest absolute Gasteiger partial charge is 0.244 e. The third-order valence-electron chi connectivity index (χ3n) is 3.80. The molecule has 4 nitrogen and oxygen atoms in total. The summed E-state index contributed by atoms with van der Waals surface area (Å²) in [6.07, 6.45) is 9.19. The highest BCUT2D eigenvalue weighted by Crippen LogP contribution is 2.25. The largest absolute Gasteiger partial charge is 0.497 e. The van der Waals surface area contributed by atoms with Crippen LogP contribution in [-0.2, 0) is 4.79 Å². The van der Waals surface area contributed by atoms with Crippen LogP contribution >= 0.6 is 0 Å². The van der Waals surface area contributed by atoms with Gasteiger partial charge in [0.1, 0.15) is 11.5 Å². The number of rotatable bonds is 5. The summed E-state index contributed by atoms with van der Waals surface area (Å²) in [7, 11) is 3.23. The molecule has 0 saturated heterocycles. The summed E-state index contributed by atoms with van der Waals surface area (Å²) in [4.78, 5) is 12.0. The number of nitrogens with one attached hydrogen (secondary N) is 1. The van der Waals surface area contributed by atoms with Crippen LogP contribution in [0.1, 0.15) is 37.7 Å². The number of benzene rings is 1. The van der Waals surface area contributed by atoms with Crippen molar-refractivity contribution in [1.29, 1.82) is 0 Å². The Morgan fingerprint density at radius 1 is 1.19 bits per heavy atom. The summed E-state index contributed by atoms with van der Waals surface area (Å²) < 4.78 is 10.5. The molecular weight excluding hydrogens is 266 g/mol. The van der Waals surface area contributed by atoms with Gasteiger partial charge in [0, 0.05) is 17.7 Å². The standard InChI is InChI=1S/C17H23NO3/c1-20-15-9-10-16(21-2)13(12-15)8-11-17(19)18-14-6-4-3-5-7-14/h8-12,14H,3-7H2,1-2H3,(H,18,19)/b11-8+. The second-order valence-corrected chi connectivity index (χ2v) is 5.28. The molecule has 1 aliphatic rings. The predicted molar refractivity (Wildman–Crippen MR) is 83.6 cm³/mol. The molecule has 1 aliphatic carbocycles. The van der Waals surface area contributed by atoms with Crippen LogP contribution in [-0.4, -0.2) is 26.2 Å². The summed E-state index contributed by atoms with van der Waals surface area (Å²) >= 11 is 0. The lowest BCUT2D eigenvalue weighted by Gasteiger charge is -2.21. The minimum atomic E-state index is -0.0493. The van der Waals surface area contributed by atoms with E-state index in [0.717, 1.165) is 29.9 Å². The zero-order chi connectivity index (χ0) is 15.1. The first-order chi connectivity index (χ1) is 10.2. The van der Waals surface area contributed by atoms with Gasteiger partial charge in [0.15, 0.2) is 0 Å². The van der Waals surface area contributed by atoms with Crippen LogP contribution in [0.3, 0.4) is 0 Å². The van der Waals surface area contributed by atoms with Gasteiger partial charge in [0.2, 0.25) is 5.91 Å². The molecule has 4 heteroatoms. The minimum absolute atomic E-state index is 0.0493. The lowest BCUT2D eigenvalue weighted by atomic mass is 9.95. The van der Waals surface area contributed by atoms with Gasteiger partial charge in [-0.25, -0.2) is 0 Å². The fourth-order valence-electron chi connectivity index (χ4n) is 2.63. The van der Waals surface area contributed by atoms with Gasteiger partial charge in [-0.2, -0.15) is 0 Å². The first-order valence-electron chi connectivity index (χ1n) is 7.43. The third-order valence-corrected chi connectivity index (χ3v) is 3.80. The molecule has 1 amide bonds. The number of ether oxygens (including phenoxy) is 2. The lowest BCUT2D eigenvalue weighted by molar-refractivity contribution is -0.117. The molecule has 0 bridgehead atoms. The van der Waals surface area contributed by atoms with E-state index in [9.17, 15) is 4.79 Å². The molecule has 1 aromatic rings. The molecule has 0 heterocycles. The monoisotopic (exact) mass is 289 g/mol. The van der Waals surface area contributed by atoms with Gasteiger partial charge in [-0.15, -0.1) is 0 Å². The van der Waals surface area contributed by atoms with Gasteiger partial charge >= 0.3 is 0 Å². The van der Waals surface area contributed by atoms with Crippen LogP contribution < -0.4 is 14.8 Å². The molecule has 21 heavy (non-hydrogen) atoms. The molecule has 114 valence electrons. The maximum Gasteiger partial charge on any atom is 0.244 e. The van der Waals surface area contributed by atoms with Gasteiger partial charge in [0.25, 0.3) is 0 Å². The maximum absolute atomic E-state index is 12.0. The SMILES string of the molecule is COc1ccc(OC)c(/C=C/C(=O)NC2CCCCC2)c1. The van der Waals surface area contributed by atoms with Crippen LogP contribution in [0.4, 0.5) is 0 Å². The van der Waals surface area contributed by atoms with E-state index >= 15 is 0 Å². The van der Waals surface area contributed by atoms with E-state index in [0.29, 0.717) is 6.04 Å². The Kier molecular flexibility index (Phi) is 5.67. The van der Waals surface area contributed by atoms with E-state index in [1.165, 1.54) is 19.3 Å². The zero-order valence-electron chi connectivity index (χ0n) is 12.7. The van der Waals surface area contributed by atoms with Crippen molar-refractivity contribution in [2.45, 2.75) is 38.1 Å². The van der Waals surface area contributed by atoms with Crippen LogP contribution in [0.15, 0.2) is 24.3 Å². The molecule has 1 fully saturated rings. The number of hydrogen-bond acceptors (Lipinski definition) is 3. The molecule has 0 radical (unpaired) electrons. The number of carbonyl (C=O) groups excluding carboxylic acids is 1. The average molecular weight is 289 g/mol. The van der Waals surface area contributed by atoms with E-state index in [2.05, 4.69) is 5.32 Å². The minimum Gasteiger partial charge on any atom is -0.497 e. The maximum atomic E-state index is 12.0. The Balaban J connectivity index is 2.00. The number of hydrogen-bond donors (Lipinski definition) is 1. The lowest BCUT2D eigenvalue weighted by Crippen LogP contribution is -2.34. The summed E-state index contributed by atoms with van der Waals surface area (Å²) in [5.41, 5.74) is 0.829. The van der Waals surface area contributed by atoms with Gasteiger partial charge < -0.3 is 14.8 Å². The first-order valence-corrected chi connectivity index (χ1v) is 7.43. The van der Waals surface area contributed by atoms with Crippen LogP contribution in [0.2, 0.25) is 0 Å². The van der Waals surface area contributed by atoms with Crippen molar-refractivity contribution >= 4 is 12.0 Å². The number of methoxy groups -OCH3 is 2. The quantitative estimate of drug-likeness (QED) is 0.847. The summed E-state index contributed by atoms with van der Waals surface area (Å²) in [6.45, 7) is 0. The van der Waals surface area contributed by atoms with Crippen molar-refractivity contribution in [1.82, 2.24) is 5.32 Å². The molecular formula is C17H23NO3. The highest BCUT2D eigenvalue weighted by atomic mass is 16.5. The normalized spacial score (nSPS) is 15.9. The van der Waals surface area contributed by atoms with E-state index in [-0.39, 0.29) is 5.91 Å². The molecule has 2 rings (SSSR count). The van der Waals surface area contributed by atoms with Crippen LogP contribution in [0.5, 0.6) is 11.5 Å². The van der Waals surface area contributed by atoms with Crippen molar-refractivity contribution in [3.05, 3.63) is 29.8 Å². The zero-order valence-corrected chi connectivity index (χ0v) is 12.7. The van der Waals surface area contributed by atoms with Crippen molar-refractivity contribution in [3.63, 3.8) is 0 Å². The fourth-order valence-corrected chi connectivity index (χ4v) is 2.63. The Morgan fingerprint density at radius 2 is 1.95 bits per heavy atom. The molecule has 0 atom stereocenters. The molecule has 0 unspecified atom stereocenters. The highest BCUT2D eigenvalue weighted by molar-refractivity contribution is 5.92. The second-order valence-electron chi connectivity index (χ2n) is 5.28. The van der Waals surface area contributed by atoms with Crippen molar-refractivity contribution in [3.8, 4) is 11.5 Å². The summed E-state index contributed by atoms with van der Waals surface area (Å²) in [6, 6.07) is 5.84. The molecule has 0 spiro atoms. The van der Waals surface area contributed by atoms with Crippen molar-refractivity contribution in [2.75, 3.05) is 14.2 Å². The Labute approximate surface area is 126 Å². The Bertz CT molecular complexity index is 505. The predicted octanol–water partition coefficient (Wildman–Crippen LogP) is 3.17. The van der Waals surface area contributed by atoms with Gasteiger partial charge in [-0.3, -0.25) is 4.79 Å². The Hall–Kier alpha value is -1.97. The molecule has 0 aliphatic heterocycles. The van der Waals surface area contributed by atoms with Crippen molar-refractivity contribution in [2.24, 2.45) is 0 Å². The van der Waals surface area contributed by atoms with E-state index in [4.69, 9.17) is 9.47 Å². The first kappa shape index (κ1) is 15.4. The third kappa shape index (κ3) is 4.52.